The van der Waals surface area contributed by atoms with Crippen LogP contribution >= 0.6 is 0 Å². The maximum absolute atomic E-state index is 11.4. The largest absolute Gasteiger partial charge is 0.463 e. The molecule has 0 radical (unpaired) electrons. The Morgan fingerprint density at radius 3 is 2.58 bits per heavy atom. The third-order valence-corrected chi connectivity index (χ3v) is 6.95. The maximum Gasteiger partial charge on any atom is 0.289 e. The molecule has 5 rings (SSSR count). The van der Waals surface area contributed by atoms with Crippen molar-refractivity contribution in [3.05, 3.63) is 72.3 Å². The number of nitrogens with zero attached hydrogens (tertiary/aromatic N) is 4. The molecule has 11 heteroatoms. The van der Waals surface area contributed by atoms with Crippen LogP contribution < -0.4 is 15.4 Å². The molecule has 0 bridgehead atoms. The summed E-state index contributed by atoms with van der Waals surface area (Å²) in [5.74, 6) is 2.15. The molecule has 2 aromatic carbocycles. The molecule has 3 heterocycles. The molecule has 0 saturated carbocycles. The molecule has 38 heavy (non-hydrogen) atoms. The van der Waals surface area contributed by atoms with Gasteiger partial charge in [0.2, 0.25) is 0 Å². The van der Waals surface area contributed by atoms with Gasteiger partial charge in [-0.15, -0.1) is 0 Å². The summed E-state index contributed by atoms with van der Waals surface area (Å²) in [6.07, 6.45) is 4.87. The van der Waals surface area contributed by atoms with Crippen molar-refractivity contribution < 1.29 is 17.9 Å². The van der Waals surface area contributed by atoms with Gasteiger partial charge >= 0.3 is 0 Å². The van der Waals surface area contributed by atoms with Crippen LogP contribution in [0.15, 0.2) is 66.0 Å². The van der Waals surface area contributed by atoms with Gasteiger partial charge in [-0.3, -0.25) is 4.98 Å². The summed E-state index contributed by atoms with van der Waals surface area (Å²) >= 11 is 0. The Labute approximate surface area is 221 Å². The highest BCUT2D eigenvalue weighted by molar-refractivity contribution is 7.90. The van der Waals surface area contributed by atoms with Gasteiger partial charge in [-0.2, -0.15) is 0 Å². The van der Waals surface area contributed by atoms with Gasteiger partial charge in [-0.05, 0) is 74.4 Å². The van der Waals surface area contributed by atoms with E-state index in [9.17, 15) is 8.42 Å². The number of pyridine rings is 1. The van der Waals surface area contributed by atoms with Crippen LogP contribution in [0.1, 0.15) is 17.7 Å². The van der Waals surface area contributed by atoms with Crippen molar-refractivity contribution in [3.8, 4) is 11.5 Å². The first-order valence-corrected chi connectivity index (χ1v) is 14.2. The topological polar surface area (TPSA) is 128 Å². The number of aromatic nitrogens is 3. The molecular formula is C27H28N6O4S. The van der Waals surface area contributed by atoms with Crippen LogP contribution in [0.3, 0.4) is 0 Å². The van der Waals surface area contributed by atoms with Crippen molar-refractivity contribution in [1.29, 1.82) is 0 Å². The zero-order valence-electron chi connectivity index (χ0n) is 21.3. The van der Waals surface area contributed by atoms with E-state index < -0.39 is 9.84 Å². The van der Waals surface area contributed by atoms with Gasteiger partial charge in [0, 0.05) is 28.7 Å². The Hall–Kier alpha value is -4.25. The fourth-order valence-corrected chi connectivity index (χ4v) is 4.66. The summed E-state index contributed by atoms with van der Waals surface area (Å²) < 4.78 is 34.5. The predicted molar refractivity (Wildman–Crippen MR) is 148 cm³/mol. The Morgan fingerprint density at radius 2 is 1.82 bits per heavy atom. The van der Waals surface area contributed by atoms with E-state index >= 15 is 0 Å². The van der Waals surface area contributed by atoms with Crippen molar-refractivity contribution in [2.45, 2.75) is 26.3 Å². The average Bonchev–Trinajstić information content (AvgIpc) is 3.33. The molecule has 10 nitrogen and oxygen atoms in total. The lowest BCUT2D eigenvalue weighted by molar-refractivity contribution is 0.313. The van der Waals surface area contributed by atoms with E-state index in [4.69, 9.17) is 9.47 Å². The van der Waals surface area contributed by atoms with Crippen molar-refractivity contribution in [2.24, 2.45) is 4.99 Å². The van der Waals surface area contributed by atoms with Crippen molar-refractivity contribution >= 4 is 44.0 Å². The molecule has 0 amide bonds. The van der Waals surface area contributed by atoms with Crippen molar-refractivity contribution in [3.63, 3.8) is 0 Å². The summed E-state index contributed by atoms with van der Waals surface area (Å²) in [5, 5.41) is 7.36. The number of fused-ring (bicyclic) bond motifs is 1. The van der Waals surface area contributed by atoms with Crippen LogP contribution in [0.2, 0.25) is 0 Å². The molecule has 1 aliphatic rings. The second-order valence-electron chi connectivity index (χ2n) is 9.24. The number of rotatable bonds is 8. The number of anilines is 3. The Morgan fingerprint density at radius 1 is 1.00 bits per heavy atom. The highest BCUT2D eigenvalue weighted by atomic mass is 32.2. The highest BCUT2D eigenvalue weighted by Gasteiger charge is 2.21. The summed E-state index contributed by atoms with van der Waals surface area (Å²) in [6, 6.07) is 15.5. The van der Waals surface area contributed by atoms with Crippen LogP contribution in [-0.4, -0.2) is 54.0 Å². The minimum Gasteiger partial charge on any atom is -0.463 e. The maximum atomic E-state index is 11.4. The number of hydrogen-bond donors (Lipinski definition) is 2. The lowest BCUT2D eigenvalue weighted by atomic mass is 10.1. The van der Waals surface area contributed by atoms with E-state index in [0.717, 1.165) is 39.3 Å². The monoisotopic (exact) mass is 532 g/mol. The number of aliphatic imine (C=N–C) groups is 1. The third-order valence-electron chi connectivity index (χ3n) is 5.97. The number of ether oxygens (including phenoxy) is 2. The molecule has 0 saturated heterocycles. The normalized spacial score (nSPS) is 15.1. The summed E-state index contributed by atoms with van der Waals surface area (Å²) in [6.45, 7) is 4.26. The van der Waals surface area contributed by atoms with E-state index in [1.807, 2.05) is 62.4 Å². The molecule has 1 aliphatic heterocycles. The van der Waals surface area contributed by atoms with Crippen molar-refractivity contribution in [2.75, 3.05) is 29.2 Å². The minimum absolute atomic E-state index is 0.0793. The molecule has 1 unspecified atom stereocenters. The van der Waals surface area contributed by atoms with E-state index in [0.29, 0.717) is 30.6 Å². The molecular weight excluding hydrogens is 504 g/mol. The lowest BCUT2D eigenvalue weighted by Crippen LogP contribution is -2.13. The predicted octanol–water partition coefficient (Wildman–Crippen LogP) is 4.78. The van der Waals surface area contributed by atoms with Crippen LogP contribution in [0.5, 0.6) is 11.5 Å². The second-order valence-corrected chi connectivity index (χ2v) is 11.5. The number of benzene rings is 2. The van der Waals surface area contributed by atoms with Gasteiger partial charge in [-0.1, -0.05) is 0 Å². The molecule has 1 atom stereocenters. The SMILES string of the molecule is Cc1ccc(Oc2ccc(Nc3ncnc4ccc(NC5=NC(CCS(C)(=O)=O)CO5)cc34)cc2C)cn1. The molecule has 0 aliphatic carbocycles. The van der Waals surface area contributed by atoms with Gasteiger partial charge in [0.05, 0.1) is 23.5 Å². The molecule has 2 N–H and O–H groups in total. The molecule has 0 spiro atoms. The fourth-order valence-electron chi connectivity index (χ4n) is 3.96. The standard InChI is InChI=1S/C27H28N6O4S/c1-17-12-19(6-9-25(17)37-22-7-4-18(2)28-14-22)31-26-23-13-20(5-8-24(23)29-16-30-26)32-27-33-21(15-36-27)10-11-38(3,34)35/h4-9,12-14,16,21H,10-11,15H2,1-3H3,(H,32,33)(H,29,30,31). The Bertz CT molecular complexity index is 1610. The summed E-state index contributed by atoms with van der Waals surface area (Å²) in [4.78, 5) is 17.6. The smallest absolute Gasteiger partial charge is 0.289 e. The van der Waals surface area contributed by atoms with E-state index in [1.54, 1.807) is 6.20 Å². The van der Waals surface area contributed by atoms with Crippen molar-refractivity contribution in [1.82, 2.24) is 15.0 Å². The van der Waals surface area contributed by atoms with E-state index in [2.05, 4.69) is 30.6 Å². The van der Waals surface area contributed by atoms with Crippen LogP contribution in [0.25, 0.3) is 10.9 Å². The first-order valence-electron chi connectivity index (χ1n) is 12.1. The number of hydrogen-bond acceptors (Lipinski definition) is 10. The second kappa shape index (κ2) is 10.6. The summed E-state index contributed by atoms with van der Waals surface area (Å²) in [5.41, 5.74) is 4.27. The average molecular weight is 533 g/mol. The van der Waals surface area contributed by atoms with Crippen LogP contribution in [0, 0.1) is 13.8 Å². The molecule has 4 aromatic rings. The van der Waals surface area contributed by atoms with E-state index in [-0.39, 0.29) is 11.8 Å². The first kappa shape index (κ1) is 25.4. The van der Waals surface area contributed by atoms with Gasteiger partial charge in [-0.25, -0.2) is 23.4 Å². The number of sulfone groups is 1. The minimum atomic E-state index is -3.04. The van der Waals surface area contributed by atoms with Gasteiger partial charge < -0.3 is 20.1 Å². The third kappa shape index (κ3) is 6.35. The number of nitrogens with one attached hydrogen (secondary N) is 2. The quantitative estimate of drug-likeness (QED) is 0.329. The Balaban J connectivity index is 1.31. The molecule has 2 aromatic heterocycles. The van der Waals surface area contributed by atoms with Gasteiger partial charge in [0.1, 0.15) is 40.1 Å². The molecule has 196 valence electrons. The first-order chi connectivity index (χ1) is 18.2. The number of amidine groups is 1. The number of aryl methyl sites for hydroxylation is 2. The van der Waals surface area contributed by atoms with Gasteiger partial charge in [0.15, 0.2) is 0 Å². The zero-order valence-corrected chi connectivity index (χ0v) is 22.1. The van der Waals surface area contributed by atoms with Crippen LogP contribution in [-0.2, 0) is 14.6 Å². The van der Waals surface area contributed by atoms with E-state index in [1.165, 1.54) is 12.6 Å². The van der Waals surface area contributed by atoms with Gasteiger partial charge in [0.25, 0.3) is 6.02 Å². The lowest BCUT2D eigenvalue weighted by Gasteiger charge is -2.13. The summed E-state index contributed by atoms with van der Waals surface area (Å²) in [7, 11) is -3.04. The zero-order chi connectivity index (χ0) is 26.7. The fraction of sp³-hybridized carbons (Fsp3) is 0.259. The Kier molecular flexibility index (Phi) is 7.10. The van der Waals surface area contributed by atoms with Crippen LogP contribution in [0.4, 0.5) is 17.2 Å². The highest BCUT2D eigenvalue weighted by Crippen LogP contribution is 2.30. The molecule has 0 fully saturated rings.